The van der Waals surface area contributed by atoms with Gasteiger partial charge in [-0.25, -0.2) is 4.79 Å². The van der Waals surface area contributed by atoms with Crippen LogP contribution in [0.5, 0.6) is 0 Å². The molecule has 0 aromatic carbocycles. The number of esters is 1. The van der Waals surface area contributed by atoms with E-state index in [-0.39, 0.29) is 24.7 Å². The number of nitrogens with two attached hydrogens (primary N) is 1. The minimum absolute atomic E-state index is 0.0707. The molecule has 3 atom stereocenters. The van der Waals surface area contributed by atoms with E-state index in [4.69, 9.17) is 25.1 Å². The highest BCUT2D eigenvalue weighted by Gasteiger charge is 2.38. The Morgan fingerprint density at radius 3 is 2.39 bits per heavy atom. The van der Waals surface area contributed by atoms with Crippen molar-refractivity contribution >= 4 is 11.9 Å². The van der Waals surface area contributed by atoms with E-state index in [1.165, 1.54) is 32.1 Å². The summed E-state index contributed by atoms with van der Waals surface area (Å²) in [5.74, 6) is -2.69. The van der Waals surface area contributed by atoms with Crippen molar-refractivity contribution in [2.45, 2.75) is 77.2 Å². The Morgan fingerprint density at radius 2 is 1.86 bits per heavy atom. The lowest BCUT2D eigenvalue weighted by atomic mass is 9.96. The maximum absolute atomic E-state index is 11.4. The van der Waals surface area contributed by atoms with Crippen LogP contribution in [0.2, 0.25) is 0 Å². The van der Waals surface area contributed by atoms with Gasteiger partial charge in [-0.3, -0.25) is 4.79 Å². The monoisotopic (exact) mass is 411 g/mol. The van der Waals surface area contributed by atoms with Crippen molar-refractivity contribution in [3.63, 3.8) is 0 Å². The fourth-order valence-electron chi connectivity index (χ4n) is 2.59. The topological polar surface area (TPSA) is 98.9 Å². The van der Waals surface area contributed by atoms with Gasteiger partial charge in [0, 0.05) is 0 Å². The van der Waals surface area contributed by atoms with Gasteiger partial charge in [-0.1, -0.05) is 51.7 Å². The molecule has 0 spiro atoms. The van der Waals surface area contributed by atoms with E-state index in [2.05, 4.69) is 26.0 Å². The van der Waals surface area contributed by atoms with Crippen molar-refractivity contribution < 1.29 is 37.3 Å². The van der Waals surface area contributed by atoms with Gasteiger partial charge < -0.3 is 20.3 Å². The van der Waals surface area contributed by atoms with Gasteiger partial charge in [0.15, 0.2) is 0 Å². The average Bonchev–Trinajstić information content (AvgIpc) is 2.62. The number of halogens is 3. The average molecular weight is 411 g/mol. The first-order chi connectivity index (χ1) is 13.1. The van der Waals surface area contributed by atoms with Crippen molar-refractivity contribution in [1.29, 1.82) is 0 Å². The Morgan fingerprint density at radius 1 is 1.25 bits per heavy atom. The second-order valence-corrected chi connectivity index (χ2v) is 6.81. The van der Waals surface area contributed by atoms with E-state index in [1.54, 1.807) is 0 Å². The lowest BCUT2D eigenvalue weighted by Crippen LogP contribution is -2.40. The zero-order chi connectivity index (χ0) is 21.6. The molecule has 0 aliphatic carbocycles. The van der Waals surface area contributed by atoms with Crippen molar-refractivity contribution in [2.75, 3.05) is 13.2 Å². The molecule has 0 bridgehead atoms. The van der Waals surface area contributed by atoms with Gasteiger partial charge in [-0.15, -0.1) is 0 Å². The van der Waals surface area contributed by atoms with Crippen molar-refractivity contribution in [1.82, 2.24) is 0 Å². The smallest absolute Gasteiger partial charge is 0.475 e. The van der Waals surface area contributed by atoms with Gasteiger partial charge in [-0.05, 0) is 25.2 Å². The summed E-state index contributed by atoms with van der Waals surface area (Å²) in [5, 5.41) is 7.12. The molecule has 0 aromatic heterocycles. The van der Waals surface area contributed by atoms with Crippen LogP contribution in [0.3, 0.4) is 0 Å². The molecule has 9 heteroatoms. The Labute approximate surface area is 164 Å². The Balaban J connectivity index is 0.000000887. The maximum Gasteiger partial charge on any atom is 0.490 e. The molecule has 1 fully saturated rings. The molecule has 28 heavy (non-hydrogen) atoms. The maximum atomic E-state index is 11.4. The summed E-state index contributed by atoms with van der Waals surface area (Å²) >= 11 is 0. The van der Waals surface area contributed by atoms with E-state index in [1.807, 2.05) is 0 Å². The van der Waals surface area contributed by atoms with Gasteiger partial charge >= 0.3 is 18.1 Å². The molecule has 164 valence electrons. The number of unbranched alkanes of at least 4 members (excludes halogenated alkanes) is 5. The standard InChI is InChI=1S/C17H31NO3.C2HF3O2/c1-3-4-5-6-7-8-9-10-15-16(21-17(19)12-18)11-14(2)13-20-15;3-2(4,5)1(6)7/h9-10,14-16H,3-8,11-13,18H2,1-2H3;(H,6,7)/t14-,15+,16-;/m1./s1. The van der Waals surface area contributed by atoms with Gasteiger partial charge in [0.2, 0.25) is 0 Å². The second kappa shape index (κ2) is 14.4. The molecule has 0 amide bonds. The van der Waals surface area contributed by atoms with E-state index < -0.39 is 12.1 Å². The van der Waals surface area contributed by atoms with Crippen LogP contribution in [0.25, 0.3) is 0 Å². The molecular weight excluding hydrogens is 379 g/mol. The molecule has 1 aliphatic heterocycles. The number of carbonyl (C=O) groups is 2. The minimum Gasteiger partial charge on any atom is -0.475 e. The summed E-state index contributed by atoms with van der Waals surface area (Å²) in [6.07, 6.45) is 7.15. The molecule has 0 unspecified atom stereocenters. The summed E-state index contributed by atoms with van der Waals surface area (Å²) in [5.41, 5.74) is 5.32. The van der Waals surface area contributed by atoms with Gasteiger partial charge in [0.05, 0.1) is 13.2 Å². The number of rotatable bonds is 9. The largest absolute Gasteiger partial charge is 0.490 e. The number of hydrogen-bond donors (Lipinski definition) is 2. The first-order valence-corrected chi connectivity index (χ1v) is 9.59. The summed E-state index contributed by atoms with van der Waals surface area (Å²) in [6, 6.07) is 0. The Kier molecular flexibility index (Phi) is 13.6. The molecular formula is C19H32F3NO5. The van der Waals surface area contributed by atoms with Crippen LogP contribution < -0.4 is 5.73 Å². The zero-order valence-electron chi connectivity index (χ0n) is 16.5. The number of carboxylic acid groups (broad SMARTS) is 1. The highest BCUT2D eigenvalue weighted by molar-refractivity contribution is 5.73. The van der Waals surface area contributed by atoms with Crippen LogP contribution in [0.1, 0.15) is 58.8 Å². The van der Waals surface area contributed by atoms with E-state index in [9.17, 15) is 18.0 Å². The summed E-state index contributed by atoms with van der Waals surface area (Å²) in [7, 11) is 0. The lowest BCUT2D eigenvalue weighted by molar-refractivity contribution is -0.192. The van der Waals surface area contributed by atoms with Crippen LogP contribution in [0.4, 0.5) is 13.2 Å². The molecule has 1 heterocycles. The molecule has 0 aromatic rings. The number of carboxylic acids is 1. The normalized spacial score (nSPS) is 22.4. The molecule has 1 rings (SSSR count). The zero-order valence-corrected chi connectivity index (χ0v) is 16.5. The molecule has 6 nitrogen and oxygen atoms in total. The molecule has 3 N–H and O–H groups in total. The predicted octanol–water partition coefficient (Wildman–Crippen LogP) is 3.83. The Hall–Kier alpha value is -1.61. The van der Waals surface area contributed by atoms with Crippen molar-refractivity contribution in [3.05, 3.63) is 12.2 Å². The number of ether oxygens (including phenoxy) is 2. The summed E-state index contributed by atoms with van der Waals surface area (Å²) in [6.45, 7) is 4.99. The second-order valence-electron chi connectivity index (χ2n) is 6.81. The van der Waals surface area contributed by atoms with Gasteiger partial charge in [0.25, 0.3) is 0 Å². The van der Waals surface area contributed by atoms with Crippen molar-refractivity contribution in [2.24, 2.45) is 11.7 Å². The predicted molar refractivity (Wildman–Crippen MR) is 98.7 cm³/mol. The molecule has 0 saturated carbocycles. The number of alkyl halides is 3. The third kappa shape index (κ3) is 12.7. The van der Waals surface area contributed by atoms with Gasteiger partial charge in [0.1, 0.15) is 12.2 Å². The first-order valence-electron chi connectivity index (χ1n) is 9.59. The van der Waals surface area contributed by atoms with Crippen LogP contribution in [-0.4, -0.2) is 48.6 Å². The highest BCUT2D eigenvalue weighted by atomic mass is 19.4. The fourth-order valence-corrected chi connectivity index (χ4v) is 2.59. The van der Waals surface area contributed by atoms with Crippen LogP contribution in [0, 0.1) is 5.92 Å². The first kappa shape index (κ1) is 26.4. The van der Waals surface area contributed by atoms with Gasteiger partial charge in [-0.2, -0.15) is 13.2 Å². The number of aliphatic carboxylic acids is 1. The number of hydrogen-bond acceptors (Lipinski definition) is 5. The van der Waals surface area contributed by atoms with Crippen LogP contribution >= 0.6 is 0 Å². The summed E-state index contributed by atoms with van der Waals surface area (Å²) in [4.78, 5) is 20.3. The quantitative estimate of drug-likeness (QED) is 0.340. The molecule has 0 radical (unpaired) electrons. The third-order valence-corrected chi connectivity index (χ3v) is 4.07. The third-order valence-electron chi connectivity index (χ3n) is 4.07. The van der Waals surface area contributed by atoms with E-state index >= 15 is 0 Å². The SMILES string of the molecule is CCCCCCCC=C[C@@H]1OC[C@H](C)C[C@H]1OC(=O)CN.O=C(O)C(F)(F)F. The highest BCUT2D eigenvalue weighted by Crippen LogP contribution is 2.23. The van der Waals surface area contributed by atoms with Crippen molar-refractivity contribution in [3.8, 4) is 0 Å². The number of allylic oxidation sites excluding steroid dienone is 1. The summed E-state index contributed by atoms with van der Waals surface area (Å²) < 4.78 is 42.9. The van der Waals surface area contributed by atoms with E-state index in [0.29, 0.717) is 5.92 Å². The molecule has 1 saturated heterocycles. The minimum atomic E-state index is -5.08. The number of carbonyl (C=O) groups excluding carboxylic acids is 1. The van der Waals surface area contributed by atoms with Crippen LogP contribution in [-0.2, 0) is 19.1 Å². The lowest BCUT2D eigenvalue weighted by Gasteiger charge is -2.32. The van der Waals surface area contributed by atoms with E-state index in [0.717, 1.165) is 19.4 Å². The van der Waals surface area contributed by atoms with Crippen LogP contribution in [0.15, 0.2) is 12.2 Å². The Bertz CT molecular complexity index is 483. The fraction of sp³-hybridized carbons (Fsp3) is 0.789. The molecule has 1 aliphatic rings.